The summed E-state index contributed by atoms with van der Waals surface area (Å²) in [6.07, 6.45) is 5.38. The number of fused-ring (bicyclic) bond motifs is 2. The number of likely N-dealkylation sites (tertiary alicyclic amines) is 1. The normalized spacial score (nSPS) is 24.7. The second-order valence-electron chi connectivity index (χ2n) is 8.11. The molecule has 2 aliphatic rings. The van der Waals surface area contributed by atoms with E-state index in [1.807, 2.05) is 30.5 Å². The van der Waals surface area contributed by atoms with Crippen LogP contribution < -0.4 is 0 Å². The van der Waals surface area contributed by atoms with E-state index < -0.39 is 15.6 Å². The third-order valence-corrected chi connectivity index (χ3v) is 7.82. The number of hydrogen-bond acceptors (Lipinski definition) is 4. The molecular formula is C21H27N3O2S. The Kier molecular flexibility index (Phi) is 4.82. The molecule has 0 bridgehead atoms. The topological polar surface area (TPSA) is 53.5 Å². The molecule has 27 heavy (non-hydrogen) atoms. The number of benzene rings is 1. The molecule has 6 heteroatoms. The summed E-state index contributed by atoms with van der Waals surface area (Å²) in [5, 5.41) is 0. The molecule has 0 radical (unpaired) electrons. The van der Waals surface area contributed by atoms with Gasteiger partial charge in [-0.3, -0.25) is 9.88 Å². The molecule has 0 aliphatic carbocycles. The molecule has 2 aliphatic heterocycles. The molecule has 2 aromatic rings. The summed E-state index contributed by atoms with van der Waals surface area (Å²) in [6.45, 7) is 7.29. The summed E-state index contributed by atoms with van der Waals surface area (Å²) in [7, 11) is -3.44. The van der Waals surface area contributed by atoms with Gasteiger partial charge in [-0.05, 0) is 42.0 Å². The minimum absolute atomic E-state index is 0.438. The van der Waals surface area contributed by atoms with Crippen LogP contribution in [0.1, 0.15) is 37.8 Å². The fourth-order valence-electron chi connectivity index (χ4n) is 4.45. The predicted molar refractivity (Wildman–Crippen MR) is 106 cm³/mol. The Morgan fingerprint density at radius 3 is 2.74 bits per heavy atom. The van der Waals surface area contributed by atoms with E-state index in [-0.39, 0.29) is 0 Å². The zero-order chi connectivity index (χ0) is 19.1. The summed E-state index contributed by atoms with van der Waals surface area (Å²) in [6, 6.07) is 11.6. The predicted octanol–water partition coefficient (Wildman–Crippen LogP) is 3.23. The highest BCUT2D eigenvalue weighted by Crippen LogP contribution is 2.49. The van der Waals surface area contributed by atoms with E-state index in [0.717, 1.165) is 43.6 Å². The van der Waals surface area contributed by atoms with Crippen LogP contribution in [0.25, 0.3) is 0 Å². The SMILES string of the molecule is CC(C)CCN1[C@@]2(CCN(Cc3cccnc3)C2)c2ccccc2S1(=O)=O. The second-order valence-corrected chi connectivity index (χ2v) is 9.94. The van der Waals surface area contributed by atoms with Crippen molar-refractivity contribution in [1.29, 1.82) is 0 Å². The van der Waals surface area contributed by atoms with Crippen molar-refractivity contribution in [3.63, 3.8) is 0 Å². The second kappa shape index (κ2) is 7.00. The van der Waals surface area contributed by atoms with Crippen LogP contribution in [0.4, 0.5) is 0 Å². The van der Waals surface area contributed by atoms with Crippen LogP contribution in [0, 0.1) is 5.92 Å². The Morgan fingerprint density at radius 2 is 2.00 bits per heavy atom. The first kappa shape index (κ1) is 18.6. The van der Waals surface area contributed by atoms with Crippen LogP contribution in [0.2, 0.25) is 0 Å². The van der Waals surface area contributed by atoms with E-state index >= 15 is 0 Å². The molecule has 0 unspecified atom stereocenters. The zero-order valence-corrected chi connectivity index (χ0v) is 16.8. The van der Waals surface area contributed by atoms with E-state index in [0.29, 0.717) is 17.4 Å². The smallest absolute Gasteiger partial charge is 0.244 e. The molecule has 1 spiro atoms. The van der Waals surface area contributed by atoms with Crippen molar-refractivity contribution in [2.75, 3.05) is 19.6 Å². The van der Waals surface area contributed by atoms with Gasteiger partial charge in [0, 0.05) is 38.6 Å². The van der Waals surface area contributed by atoms with Crippen molar-refractivity contribution in [2.45, 2.75) is 43.7 Å². The van der Waals surface area contributed by atoms with Crippen molar-refractivity contribution in [2.24, 2.45) is 5.92 Å². The third-order valence-electron chi connectivity index (χ3n) is 5.80. The van der Waals surface area contributed by atoms with Gasteiger partial charge in [0.1, 0.15) is 0 Å². The quantitative estimate of drug-likeness (QED) is 0.793. The lowest BCUT2D eigenvalue weighted by molar-refractivity contribution is 0.183. The number of pyridine rings is 1. The van der Waals surface area contributed by atoms with E-state index in [1.165, 1.54) is 0 Å². The standard InChI is InChI=1S/C21H27N3O2S/c1-17(2)9-12-24-21(19-7-3-4-8-20(19)27(24,25)26)10-13-23(16-21)15-18-6-5-11-22-14-18/h3-8,11,14,17H,9-10,12-13,15-16H2,1-2H3/t21-/m1/s1. The van der Waals surface area contributed by atoms with Gasteiger partial charge in [0.2, 0.25) is 10.0 Å². The van der Waals surface area contributed by atoms with Gasteiger partial charge in [-0.25, -0.2) is 8.42 Å². The summed E-state index contributed by atoms with van der Waals surface area (Å²) in [5.41, 5.74) is 1.70. The molecule has 3 heterocycles. The first-order chi connectivity index (χ1) is 12.9. The molecule has 0 saturated carbocycles. The van der Waals surface area contributed by atoms with Gasteiger partial charge in [-0.15, -0.1) is 0 Å². The first-order valence-corrected chi connectivity index (χ1v) is 11.1. The van der Waals surface area contributed by atoms with E-state index in [4.69, 9.17) is 0 Å². The van der Waals surface area contributed by atoms with Gasteiger partial charge in [0.25, 0.3) is 0 Å². The van der Waals surface area contributed by atoms with Gasteiger partial charge in [-0.1, -0.05) is 38.1 Å². The maximum absolute atomic E-state index is 13.3. The van der Waals surface area contributed by atoms with Crippen molar-refractivity contribution >= 4 is 10.0 Å². The molecule has 144 valence electrons. The molecule has 0 amide bonds. The maximum Gasteiger partial charge on any atom is 0.244 e. The van der Waals surface area contributed by atoms with E-state index in [1.54, 1.807) is 16.6 Å². The van der Waals surface area contributed by atoms with E-state index in [9.17, 15) is 8.42 Å². The molecule has 1 fully saturated rings. The highest BCUT2D eigenvalue weighted by molar-refractivity contribution is 7.89. The molecule has 4 rings (SSSR count). The van der Waals surface area contributed by atoms with Crippen LogP contribution >= 0.6 is 0 Å². The molecule has 1 atom stereocenters. The Hall–Kier alpha value is -1.76. The lowest BCUT2D eigenvalue weighted by Gasteiger charge is -2.34. The Bertz CT molecular complexity index is 914. The molecule has 1 aromatic heterocycles. The fraction of sp³-hybridized carbons (Fsp3) is 0.476. The highest BCUT2D eigenvalue weighted by Gasteiger charge is 2.56. The lowest BCUT2D eigenvalue weighted by atomic mass is 9.88. The molecule has 1 aromatic carbocycles. The van der Waals surface area contributed by atoms with Crippen LogP contribution in [-0.2, 0) is 22.1 Å². The third kappa shape index (κ3) is 3.20. The Labute approximate surface area is 162 Å². The van der Waals surface area contributed by atoms with Gasteiger partial charge in [0.05, 0.1) is 10.4 Å². The Morgan fingerprint density at radius 1 is 1.19 bits per heavy atom. The first-order valence-electron chi connectivity index (χ1n) is 9.67. The summed E-state index contributed by atoms with van der Waals surface area (Å²) < 4.78 is 28.4. The summed E-state index contributed by atoms with van der Waals surface area (Å²) in [5.74, 6) is 0.467. The van der Waals surface area contributed by atoms with Crippen molar-refractivity contribution < 1.29 is 8.42 Å². The molecule has 5 nitrogen and oxygen atoms in total. The van der Waals surface area contributed by atoms with Crippen LogP contribution in [0.5, 0.6) is 0 Å². The molecule has 1 saturated heterocycles. The van der Waals surface area contributed by atoms with Crippen LogP contribution in [0.3, 0.4) is 0 Å². The zero-order valence-electron chi connectivity index (χ0n) is 16.0. The number of nitrogens with zero attached hydrogens (tertiary/aromatic N) is 3. The number of rotatable bonds is 5. The average Bonchev–Trinajstić information content (AvgIpc) is 3.13. The monoisotopic (exact) mass is 385 g/mol. The lowest BCUT2D eigenvalue weighted by Crippen LogP contribution is -2.46. The van der Waals surface area contributed by atoms with Crippen molar-refractivity contribution in [3.05, 3.63) is 59.9 Å². The van der Waals surface area contributed by atoms with E-state index in [2.05, 4.69) is 29.8 Å². The highest BCUT2D eigenvalue weighted by atomic mass is 32.2. The fourth-order valence-corrected chi connectivity index (χ4v) is 6.53. The average molecular weight is 386 g/mol. The van der Waals surface area contributed by atoms with Crippen molar-refractivity contribution in [1.82, 2.24) is 14.2 Å². The van der Waals surface area contributed by atoms with Crippen LogP contribution in [0.15, 0.2) is 53.7 Å². The summed E-state index contributed by atoms with van der Waals surface area (Å²) >= 11 is 0. The molecule has 0 N–H and O–H groups in total. The molecular weight excluding hydrogens is 358 g/mol. The number of sulfonamides is 1. The van der Waals surface area contributed by atoms with Gasteiger partial charge < -0.3 is 0 Å². The van der Waals surface area contributed by atoms with Gasteiger partial charge in [-0.2, -0.15) is 4.31 Å². The number of hydrogen-bond donors (Lipinski definition) is 0. The number of aromatic nitrogens is 1. The maximum atomic E-state index is 13.3. The van der Waals surface area contributed by atoms with Crippen molar-refractivity contribution in [3.8, 4) is 0 Å². The minimum Gasteiger partial charge on any atom is -0.297 e. The van der Waals surface area contributed by atoms with Crippen LogP contribution in [-0.4, -0.2) is 42.2 Å². The summed E-state index contributed by atoms with van der Waals surface area (Å²) in [4.78, 5) is 7.06. The minimum atomic E-state index is -3.44. The Balaban J connectivity index is 1.68. The van der Waals surface area contributed by atoms with Gasteiger partial charge in [0.15, 0.2) is 0 Å². The van der Waals surface area contributed by atoms with Gasteiger partial charge >= 0.3 is 0 Å². The largest absolute Gasteiger partial charge is 0.297 e.